The lowest BCUT2D eigenvalue weighted by Gasteiger charge is -2.15. The van der Waals surface area contributed by atoms with Crippen LogP contribution in [0.2, 0.25) is 0 Å². The molecule has 0 aromatic heterocycles. The third-order valence-corrected chi connectivity index (χ3v) is 7.21. The topological polar surface area (TPSA) is 139 Å². The largest absolute Gasteiger partial charge is 0.744 e. The Balaban J connectivity index is 1.78. The monoisotopic (exact) mass is 807 g/mol. The molecule has 0 bridgehead atoms. The van der Waals surface area contributed by atoms with Crippen LogP contribution >= 0.6 is 45.2 Å². The number of aromatic hydroxyl groups is 1. The molecule has 16 heteroatoms. The van der Waals surface area contributed by atoms with Crippen molar-refractivity contribution in [3.05, 3.63) is 84.0 Å². The highest BCUT2D eigenvalue weighted by Crippen LogP contribution is 2.33. The standard InChI is InChI=1S/C24H14F4I2O9S/c1-2-10-3-4-15(39-24(33)13-8-11(29)9-14(30)20(13)31)12(7-10)23(32)38-6-5-37-21-16(25)18(27)22(40(34,35)36)19(28)17(21)26/h2-4,7-9,31H,1,5-6H2,(H,34,35,36)/p-1. The second-order valence-electron chi connectivity index (χ2n) is 7.49. The molecule has 0 spiro atoms. The molecule has 0 saturated carbocycles. The van der Waals surface area contributed by atoms with Crippen LogP contribution in [0, 0.1) is 30.4 Å². The smallest absolute Gasteiger partial charge is 0.347 e. The van der Waals surface area contributed by atoms with Crippen molar-refractivity contribution in [1.82, 2.24) is 0 Å². The fraction of sp³-hybridized carbons (Fsp3) is 0.0833. The molecular formula is C24H13F4I2O9S-. The van der Waals surface area contributed by atoms with E-state index in [2.05, 4.69) is 11.3 Å². The first-order valence-corrected chi connectivity index (χ1v) is 14.0. The number of esters is 2. The van der Waals surface area contributed by atoms with Gasteiger partial charge in [0, 0.05) is 3.57 Å². The SMILES string of the molecule is C=Cc1ccc(OC(=O)c2cc(I)cc(I)c2O)c(C(=O)OCCOc2c(F)c(F)c(S(=O)(=O)[O-])c(F)c2F)c1. The summed E-state index contributed by atoms with van der Waals surface area (Å²) in [5, 5.41) is 10.2. The van der Waals surface area contributed by atoms with Crippen LogP contribution in [0.5, 0.6) is 17.2 Å². The minimum absolute atomic E-state index is 0.184. The van der Waals surface area contributed by atoms with Gasteiger partial charge in [0.15, 0.2) is 17.4 Å². The molecule has 0 unspecified atom stereocenters. The molecule has 0 aliphatic rings. The van der Waals surface area contributed by atoms with Gasteiger partial charge in [-0.3, -0.25) is 0 Å². The zero-order valence-corrected chi connectivity index (χ0v) is 24.6. The van der Waals surface area contributed by atoms with Crippen molar-refractivity contribution in [3.8, 4) is 17.2 Å². The average molecular weight is 807 g/mol. The normalized spacial score (nSPS) is 11.2. The van der Waals surface area contributed by atoms with Crippen molar-refractivity contribution in [2.45, 2.75) is 4.90 Å². The predicted octanol–water partition coefficient (Wildman–Crippen LogP) is 5.16. The summed E-state index contributed by atoms with van der Waals surface area (Å²) in [6.07, 6.45) is 1.36. The molecule has 0 aliphatic heterocycles. The van der Waals surface area contributed by atoms with E-state index < -0.39 is 69.2 Å². The van der Waals surface area contributed by atoms with Gasteiger partial charge in [-0.15, -0.1) is 0 Å². The molecule has 0 amide bonds. The number of rotatable bonds is 9. The molecule has 3 rings (SSSR count). The van der Waals surface area contributed by atoms with Crippen molar-refractivity contribution in [1.29, 1.82) is 0 Å². The number of carbonyl (C=O) groups is 2. The van der Waals surface area contributed by atoms with Crippen LogP contribution < -0.4 is 9.47 Å². The Hall–Kier alpha value is -2.97. The van der Waals surface area contributed by atoms with Gasteiger partial charge in [0.25, 0.3) is 0 Å². The number of phenolic OH excluding ortho intramolecular Hbond substituents is 1. The Bertz CT molecular complexity index is 1620. The molecule has 0 heterocycles. The van der Waals surface area contributed by atoms with Gasteiger partial charge in [-0.05, 0) is 75.0 Å². The van der Waals surface area contributed by atoms with E-state index in [0.717, 1.165) is 0 Å². The molecule has 212 valence electrons. The van der Waals surface area contributed by atoms with Crippen LogP contribution in [0.25, 0.3) is 6.08 Å². The number of hydrogen-bond donors (Lipinski definition) is 1. The van der Waals surface area contributed by atoms with E-state index in [1.54, 1.807) is 6.07 Å². The molecular weight excluding hydrogens is 794 g/mol. The zero-order valence-electron chi connectivity index (χ0n) is 19.5. The van der Waals surface area contributed by atoms with E-state index in [-0.39, 0.29) is 22.6 Å². The number of hydrogen-bond acceptors (Lipinski definition) is 9. The van der Waals surface area contributed by atoms with Crippen LogP contribution in [-0.4, -0.2) is 43.2 Å². The maximum atomic E-state index is 14.1. The van der Waals surface area contributed by atoms with E-state index in [0.29, 0.717) is 12.7 Å². The van der Waals surface area contributed by atoms with Gasteiger partial charge < -0.3 is 23.9 Å². The van der Waals surface area contributed by atoms with Gasteiger partial charge in [0.05, 0.1) is 3.57 Å². The number of phenols is 1. The summed E-state index contributed by atoms with van der Waals surface area (Å²) in [7, 11) is -5.90. The van der Waals surface area contributed by atoms with Gasteiger partial charge in [0.1, 0.15) is 50.9 Å². The maximum Gasteiger partial charge on any atom is 0.347 e. The Morgan fingerprint density at radius 3 is 2.15 bits per heavy atom. The second-order valence-corrected chi connectivity index (χ2v) is 11.2. The predicted molar refractivity (Wildman–Crippen MR) is 145 cm³/mol. The first kappa shape index (κ1) is 31.6. The molecule has 1 N–H and O–H groups in total. The highest BCUT2D eigenvalue weighted by Gasteiger charge is 2.30. The quantitative estimate of drug-likeness (QED) is 0.0591. The van der Waals surface area contributed by atoms with E-state index in [1.165, 1.54) is 30.3 Å². The maximum absolute atomic E-state index is 14.1. The fourth-order valence-electron chi connectivity index (χ4n) is 3.09. The Labute approximate surface area is 250 Å². The average Bonchev–Trinajstić information content (AvgIpc) is 2.88. The summed E-state index contributed by atoms with van der Waals surface area (Å²) in [6, 6.07) is 6.91. The minimum Gasteiger partial charge on any atom is -0.744 e. The van der Waals surface area contributed by atoms with Crippen LogP contribution in [0.3, 0.4) is 0 Å². The highest BCUT2D eigenvalue weighted by atomic mass is 127. The third kappa shape index (κ3) is 6.84. The Morgan fingerprint density at radius 2 is 1.57 bits per heavy atom. The molecule has 0 saturated heterocycles. The van der Waals surface area contributed by atoms with Gasteiger partial charge in [0.2, 0.25) is 11.6 Å². The summed E-state index contributed by atoms with van der Waals surface area (Å²) in [6.45, 7) is 1.92. The Kier molecular flexibility index (Phi) is 10.0. The lowest BCUT2D eigenvalue weighted by Crippen LogP contribution is -2.17. The van der Waals surface area contributed by atoms with Crippen LogP contribution in [0.15, 0.2) is 41.8 Å². The summed E-state index contributed by atoms with van der Waals surface area (Å²) in [4.78, 5) is 23.1. The number of ether oxygens (including phenoxy) is 3. The van der Waals surface area contributed by atoms with Gasteiger partial charge in [-0.2, -0.15) is 8.78 Å². The minimum atomic E-state index is -5.90. The molecule has 9 nitrogen and oxygen atoms in total. The number of benzene rings is 3. The lowest BCUT2D eigenvalue weighted by atomic mass is 10.1. The number of halogens is 6. The molecule has 0 atom stereocenters. The second kappa shape index (κ2) is 12.7. The summed E-state index contributed by atoms with van der Waals surface area (Å²) in [5.41, 5.74) is -0.0840. The summed E-state index contributed by atoms with van der Waals surface area (Å²) < 4.78 is 104. The van der Waals surface area contributed by atoms with Crippen LogP contribution in [-0.2, 0) is 14.9 Å². The van der Waals surface area contributed by atoms with Crippen LogP contribution in [0.1, 0.15) is 26.3 Å². The van der Waals surface area contributed by atoms with E-state index in [9.17, 15) is 45.2 Å². The van der Waals surface area contributed by atoms with Crippen molar-refractivity contribution >= 4 is 73.3 Å². The van der Waals surface area contributed by atoms with Crippen molar-refractivity contribution in [2.24, 2.45) is 0 Å². The van der Waals surface area contributed by atoms with Crippen molar-refractivity contribution in [2.75, 3.05) is 13.2 Å². The van der Waals surface area contributed by atoms with Gasteiger partial charge >= 0.3 is 11.9 Å². The highest BCUT2D eigenvalue weighted by molar-refractivity contribution is 14.1. The van der Waals surface area contributed by atoms with E-state index >= 15 is 0 Å². The molecule has 0 fully saturated rings. The van der Waals surface area contributed by atoms with Crippen molar-refractivity contribution < 1.29 is 59.4 Å². The molecule has 0 aliphatic carbocycles. The molecule has 40 heavy (non-hydrogen) atoms. The first-order valence-electron chi connectivity index (χ1n) is 10.5. The van der Waals surface area contributed by atoms with Gasteiger partial charge in [-0.25, -0.2) is 26.8 Å². The summed E-state index contributed by atoms with van der Waals surface area (Å²) in [5.74, 6) is -14.0. The Morgan fingerprint density at radius 1 is 0.950 bits per heavy atom. The fourth-order valence-corrected chi connectivity index (χ4v) is 5.56. The van der Waals surface area contributed by atoms with Crippen LogP contribution in [0.4, 0.5) is 17.6 Å². The summed E-state index contributed by atoms with van der Waals surface area (Å²) >= 11 is 3.74. The molecule has 3 aromatic carbocycles. The molecule has 0 radical (unpaired) electrons. The number of carbonyl (C=O) groups excluding carboxylic acids is 2. The van der Waals surface area contributed by atoms with Gasteiger partial charge in [-0.1, -0.05) is 18.7 Å². The molecule has 3 aromatic rings. The van der Waals surface area contributed by atoms with Crippen molar-refractivity contribution in [3.63, 3.8) is 0 Å². The first-order chi connectivity index (χ1) is 18.7. The third-order valence-electron chi connectivity index (χ3n) is 4.91. The van der Waals surface area contributed by atoms with E-state index in [4.69, 9.17) is 9.47 Å². The lowest BCUT2D eigenvalue weighted by molar-refractivity contribution is 0.0439. The van der Waals surface area contributed by atoms with E-state index in [1.807, 2.05) is 45.2 Å². The zero-order chi connectivity index (χ0) is 29.9.